The third-order valence-electron chi connectivity index (χ3n) is 3.83. The largest absolute Gasteiger partial charge is 0.507 e. The fourth-order valence-corrected chi connectivity index (χ4v) is 2.38. The van der Waals surface area contributed by atoms with E-state index in [0.717, 1.165) is 6.08 Å². The van der Waals surface area contributed by atoms with Crippen LogP contribution in [0.2, 0.25) is 0 Å². The second-order valence-electron chi connectivity index (χ2n) is 5.48. The lowest BCUT2D eigenvalue weighted by molar-refractivity contribution is -0.132. The molecule has 0 unspecified atom stereocenters. The molecule has 1 amide bonds. The monoisotopic (exact) mass is 387 g/mol. The van der Waals surface area contributed by atoms with Crippen LogP contribution in [-0.2, 0) is 9.59 Å². The third kappa shape index (κ3) is 4.73. The zero-order chi connectivity index (χ0) is 20.7. The van der Waals surface area contributed by atoms with Crippen molar-refractivity contribution < 1.29 is 33.6 Å². The molecule has 0 heterocycles. The summed E-state index contributed by atoms with van der Waals surface area (Å²) >= 11 is 0. The zero-order valence-corrected chi connectivity index (χ0v) is 15.9. The molecular formula is C20H21NO7. The van der Waals surface area contributed by atoms with Crippen LogP contribution in [0.5, 0.6) is 23.0 Å². The molecule has 2 N–H and O–H groups in total. The molecule has 0 aliphatic rings. The van der Waals surface area contributed by atoms with Gasteiger partial charge in [0.2, 0.25) is 5.78 Å². The van der Waals surface area contributed by atoms with Crippen LogP contribution in [0, 0.1) is 0 Å². The molecule has 2 aromatic rings. The van der Waals surface area contributed by atoms with Crippen molar-refractivity contribution in [3.63, 3.8) is 0 Å². The number of anilines is 1. The fraction of sp³-hybridized carbons (Fsp3) is 0.200. The average Bonchev–Trinajstić information content (AvgIpc) is 2.72. The Labute approximate surface area is 162 Å². The smallest absolute Gasteiger partial charge is 0.296 e. The average molecular weight is 387 g/mol. The molecule has 0 fully saturated rings. The molecule has 8 heteroatoms. The van der Waals surface area contributed by atoms with Gasteiger partial charge in [-0.2, -0.15) is 0 Å². The highest BCUT2D eigenvalue weighted by Gasteiger charge is 2.18. The second-order valence-corrected chi connectivity index (χ2v) is 5.48. The highest BCUT2D eigenvalue weighted by molar-refractivity contribution is 6.45. The summed E-state index contributed by atoms with van der Waals surface area (Å²) in [5.74, 6) is -0.764. The van der Waals surface area contributed by atoms with Gasteiger partial charge in [0.1, 0.15) is 28.8 Å². The standard InChI is InChI=1S/C20H21NO7/c1-25-12-5-7-18(27-3)14(9-12)16(22)11-17(23)20(24)21-15-10-13(26-2)6-8-19(15)28-4/h5-11,22H,1-4H3,(H,21,24). The van der Waals surface area contributed by atoms with Gasteiger partial charge in [0, 0.05) is 12.1 Å². The number of ether oxygens (including phenoxy) is 4. The number of hydrogen-bond donors (Lipinski definition) is 2. The highest BCUT2D eigenvalue weighted by atomic mass is 16.5. The lowest BCUT2D eigenvalue weighted by Gasteiger charge is -2.11. The Bertz CT molecular complexity index is 905. The summed E-state index contributed by atoms with van der Waals surface area (Å²) in [5, 5.41) is 12.7. The Kier molecular flexibility index (Phi) is 6.86. The second kappa shape index (κ2) is 9.31. The van der Waals surface area contributed by atoms with Crippen LogP contribution in [0.1, 0.15) is 5.56 Å². The summed E-state index contributed by atoms with van der Waals surface area (Å²) in [5.41, 5.74) is 0.467. The number of benzene rings is 2. The van der Waals surface area contributed by atoms with Crippen LogP contribution < -0.4 is 24.3 Å². The topological polar surface area (TPSA) is 103 Å². The van der Waals surface area contributed by atoms with Gasteiger partial charge >= 0.3 is 0 Å². The number of nitrogens with one attached hydrogen (secondary N) is 1. The van der Waals surface area contributed by atoms with Crippen LogP contribution in [0.3, 0.4) is 0 Å². The predicted molar refractivity (Wildman–Crippen MR) is 103 cm³/mol. The van der Waals surface area contributed by atoms with E-state index in [9.17, 15) is 14.7 Å². The SMILES string of the molecule is COc1ccc(OC)c(NC(=O)C(=O)C=C(O)c2cc(OC)ccc2OC)c1. The van der Waals surface area contributed by atoms with Crippen LogP contribution in [0.25, 0.3) is 5.76 Å². The van der Waals surface area contributed by atoms with Crippen molar-refractivity contribution in [1.29, 1.82) is 0 Å². The molecule has 8 nitrogen and oxygen atoms in total. The third-order valence-corrected chi connectivity index (χ3v) is 3.83. The van der Waals surface area contributed by atoms with Gasteiger partial charge < -0.3 is 29.4 Å². The summed E-state index contributed by atoms with van der Waals surface area (Å²) in [7, 11) is 5.79. The zero-order valence-electron chi connectivity index (χ0n) is 15.9. The van der Waals surface area contributed by atoms with Crippen molar-refractivity contribution in [2.45, 2.75) is 0 Å². The number of carbonyl (C=O) groups is 2. The molecule has 2 rings (SSSR count). The van der Waals surface area contributed by atoms with Gasteiger partial charge in [-0.1, -0.05) is 0 Å². The molecule has 0 aliphatic carbocycles. The van der Waals surface area contributed by atoms with Gasteiger partial charge in [-0.25, -0.2) is 0 Å². The van der Waals surface area contributed by atoms with E-state index in [1.54, 1.807) is 24.3 Å². The van der Waals surface area contributed by atoms with Crippen LogP contribution in [0.4, 0.5) is 5.69 Å². The van der Waals surface area contributed by atoms with Crippen molar-refractivity contribution in [3.05, 3.63) is 48.0 Å². The highest BCUT2D eigenvalue weighted by Crippen LogP contribution is 2.30. The van der Waals surface area contributed by atoms with E-state index in [4.69, 9.17) is 18.9 Å². The maximum absolute atomic E-state index is 12.3. The Hall–Kier alpha value is -3.68. The van der Waals surface area contributed by atoms with Gasteiger partial charge in [-0.05, 0) is 30.3 Å². The Morgan fingerprint density at radius 1 is 0.857 bits per heavy atom. The van der Waals surface area contributed by atoms with Crippen LogP contribution >= 0.6 is 0 Å². The van der Waals surface area contributed by atoms with E-state index >= 15 is 0 Å². The molecular weight excluding hydrogens is 366 g/mol. The van der Waals surface area contributed by atoms with E-state index in [1.807, 2.05) is 0 Å². The number of carbonyl (C=O) groups excluding carboxylic acids is 2. The Balaban J connectivity index is 2.26. The van der Waals surface area contributed by atoms with Crippen molar-refractivity contribution in [1.82, 2.24) is 0 Å². The van der Waals surface area contributed by atoms with E-state index in [-0.39, 0.29) is 11.3 Å². The van der Waals surface area contributed by atoms with E-state index in [0.29, 0.717) is 23.0 Å². The molecule has 2 aromatic carbocycles. The fourth-order valence-electron chi connectivity index (χ4n) is 2.38. The molecule has 0 radical (unpaired) electrons. The molecule has 148 valence electrons. The van der Waals surface area contributed by atoms with Crippen LogP contribution in [-0.4, -0.2) is 45.2 Å². The minimum absolute atomic E-state index is 0.210. The number of amides is 1. The molecule has 0 atom stereocenters. The minimum atomic E-state index is -0.966. The summed E-state index contributed by atoms with van der Waals surface area (Å²) in [6, 6.07) is 9.45. The summed E-state index contributed by atoms with van der Waals surface area (Å²) in [4.78, 5) is 24.5. The number of ketones is 1. The van der Waals surface area contributed by atoms with Crippen molar-refractivity contribution in [3.8, 4) is 23.0 Å². The number of rotatable bonds is 8. The van der Waals surface area contributed by atoms with Gasteiger partial charge in [-0.15, -0.1) is 0 Å². The van der Waals surface area contributed by atoms with Gasteiger partial charge in [0.25, 0.3) is 5.91 Å². The Morgan fingerprint density at radius 2 is 1.43 bits per heavy atom. The van der Waals surface area contributed by atoms with E-state index in [2.05, 4.69) is 5.32 Å². The Morgan fingerprint density at radius 3 is 2.00 bits per heavy atom. The molecule has 0 saturated carbocycles. The van der Waals surface area contributed by atoms with Crippen molar-refractivity contribution in [2.24, 2.45) is 0 Å². The molecule has 0 bridgehead atoms. The maximum atomic E-state index is 12.3. The van der Waals surface area contributed by atoms with E-state index < -0.39 is 17.4 Å². The molecule has 0 aromatic heterocycles. The first kappa shape index (κ1) is 20.6. The number of methoxy groups -OCH3 is 4. The molecule has 28 heavy (non-hydrogen) atoms. The quantitative estimate of drug-likeness (QED) is 0.408. The first-order valence-electron chi connectivity index (χ1n) is 8.13. The van der Waals surface area contributed by atoms with Crippen LogP contribution in [0.15, 0.2) is 42.5 Å². The lowest BCUT2D eigenvalue weighted by Crippen LogP contribution is -2.21. The molecule has 0 saturated heterocycles. The van der Waals surface area contributed by atoms with Gasteiger partial charge in [0.05, 0.1) is 39.7 Å². The van der Waals surface area contributed by atoms with Crippen molar-refractivity contribution in [2.75, 3.05) is 33.8 Å². The van der Waals surface area contributed by atoms with Crippen molar-refractivity contribution >= 4 is 23.1 Å². The maximum Gasteiger partial charge on any atom is 0.296 e. The van der Waals surface area contributed by atoms with E-state index in [1.165, 1.54) is 40.6 Å². The molecule has 0 spiro atoms. The first-order chi connectivity index (χ1) is 13.4. The lowest BCUT2D eigenvalue weighted by atomic mass is 10.1. The summed E-state index contributed by atoms with van der Waals surface area (Å²) in [6.07, 6.45) is 0.805. The van der Waals surface area contributed by atoms with Gasteiger partial charge in [0.15, 0.2) is 0 Å². The number of hydrogen-bond acceptors (Lipinski definition) is 7. The number of aliphatic hydroxyl groups is 1. The predicted octanol–water partition coefficient (Wildman–Crippen LogP) is 2.83. The normalized spacial score (nSPS) is 10.8. The molecule has 0 aliphatic heterocycles. The number of aliphatic hydroxyl groups excluding tert-OH is 1. The summed E-state index contributed by atoms with van der Waals surface area (Å²) in [6.45, 7) is 0. The van der Waals surface area contributed by atoms with Gasteiger partial charge in [-0.3, -0.25) is 9.59 Å². The summed E-state index contributed by atoms with van der Waals surface area (Å²) < 4.78 is 20.5. The minimum Gasteiger partial charge on any atom is -0.507 e. The first-order valence-corrected chi connectivity index (χ1v) is 8.13.